The molecule has 2 spiro atoms. The molecule has 0 amide bonds. The molecular formula is C22H30O6. The van der Waals surface area contributed by atoms with Crippen LogP contribution in [0.15, 0.2) is 12.2 Å². The Morgan fingerprint density at radius 3 is 2.75 bits per heavy atom. The fourth-order valence-electron chi connectivity index (χ4n) is 7.81. The predicted molar refractivity (Wildman–Crippen MR) is 99.0 cm³/mol. The molecule has 154 valence electrons. The molecule has 0 unspecified atom stereocenters. The Kier molecular flexibility index (Phi) is 3.74. The number of fused-ring (bicyclic) bond motifs is 2. The van der Waals surface area contributed by atoms with Gasteiger partial charge in [-0.15, -0.1) is 0 Å². The number of hydrogen-bond acceptors (Lipinski definition) is 6. The van der Waals surface area contributed by atoms with Gasteiger partial charge in [0, 0.05) is 18.4 Å². The lowest BCUT2D eigenvalue weighted by Crippen LogP contribution is -2.82. The van der Waals surface area contributed by atoms with Crippen molar-refractivity contribution in [3.63, 3.8) is 0 Å². The number of hydrogen-bond donors (Lipinski definition) is 2. The van der Waals surface area contributed by atoms with Gasteiger partial charge in [-0.2, -0.15) is 0 Å². The van der Waals surface area contributed by atoms with Crippen LogP contribution < -0.4 is 0 Å². The number of rotatable bonds is 3. The third-order valence-corrected chi connectivity index (χ3v) is 8.84. The second kappa shape index (κ2) is 5.54. The molecule has 2 saturated heterocycles. The minimum absolute atomic E-state index is 0.0678. The quantitative estimate of drug-likeness (QED) is 0.758. The van der Waals surface area contributed by atoms with Crippen LogP contribution in [-0.4, -0.2) is 53.5 Å². The van der Waals surface area contributed by atoms with E-state index in [0.29, 0.717) is 26.1 Å². The highest BCUT2D eigenvalue weighted by atomic mass is 16.6. The molecule has 4 bridgehead atoms. The van der Waals surface area contributed by atoms with Crippen molar-refractivity contribution < 1.29 is 29.3 Å². The van der Waals surface area contributed by atoms with Gasteiger partial charge in [0.2, 0.25) is 5.79 Å². The van der Waals surface area contributed by atoms with Crippen LogP contribution in [0.2, 0.25) is 0 Å². The highest BCUT2D eigenvalue weighted by Gasteiger charge is 2.84. The van der Waals surface area contributed by atoms with E-state index in [2.05, 4.69) is 0 Å². The van der Waals surface area contributed by atoms with Crippen molar-refractivity contribution in [1.82, 2.24) is 0 Å². The first-order chi connectivity index (χ1) is 13.2. The molecule has 8 atom stereocenters. The van der Waals surface area contributed by atoms with E-state index in [9.17, 15) is 19.8 Å². The average Bonchev–Trinajstić information content (AvgIpc) is 2.86. The number of Topliss-reactive ketones (excluding diaryl/α,β-unsaturated/α-hetero) is 1. The van der Waals surface area contributed by atoms with E-state index < -0.39 is 34.1 Å². The second-order valence-corrected chi connectivity index (χ2v) is 10.2. The second-order valence-electron chi connectivity index (χ2n) is 10.2. The molecule has 2 N–H and O–H groups in total. The van der Waals surface area contributed by atoms with Crippen LogP contribution in [0.3, 0.4) is 0 Å². The molecular weight excluding hydrogens is 360 g/mol. The summed E-state index contributed by atoms with van der Waals surface area (Å²) in [4.78, 5) is 27.1. The lowest BCUT2D eigenvalue weighted by Gasteiger charge is -2.71. The summed E-state index contributed by atoms with van der Waals surface area (Å²) >= 11 is 0. The van der Waals surface area contributed by atoms with Gasteiger partial charge < -0.3 is 19.7 Å². The zero-order chi connectivity index (χ0) is 20.1. The highest BCUT2D eigenvalue weighted by molar-refractivity contribution is 6.00. The predicted octanol–water partition coefficient (Wildman–Crippen LogP) is 1.49. The molecule has 28 heavy (non-hydrogen) atoms. The molecule has 6 heteroatoms. The summed E-state index contributed by atoms with van der Waals surface area (Å²) in [7, 11) is 0. The Morgan fingerprint density at radius 2 is 2.04 bits per heavy atom. The summed E-state index contributed by atoms with van der Waals surface area (Å²) in [6.07, 6.45) is 4.17. The molecule has 4 aliphatic carbocycles. The Morgan fingerprint density at radius 1 is 1.29 bits per heavy atom. The van der Waals surface area contributed by atoms with E-state index in [4.69, 9.17) is 9.47 Å². The first-order valence-corrected chi connectivity index (χ1v) is 10.6. The van der Waals surface area contributed by atoms with Crippen molar-refractivity contribution in [2.75, 3.05) is 19.8 Å². The molecule has 2 heterocycles. The Hall–Kier alpha value is -1.08. The molecule has 0 radical (unpaired) electrons. The van der Waals surface area contributed by atoms with Crippen molar-refractivity contribution >= 4 is 11.6 Å². The Bertz CT molecular complexity index is 773. The Labute approximate surface area is 165 Å². The van der Waals surface area contributed by atoms with Crippen molar-refractivity contribution in [2.24, 2.45) is 39.9 Å². The van der Waals surface area contributed by atoms with E-state index in [-0.39, 0.29) is 35.9 Å². The smallest absolute Gasteiger partial charge is 0.205 e. The summed E-state index contributed by atoms with van der Waals surface area (Å²) in [5, 5.41) is 23.1. The minimum Gasteiger partial charge on any atom is -0.387 e. The summed E-state index contributed by atoms with van der Waals surface area (Å²) in [6, 6.07) is 0. The van der Waals surface area contributed by atoms with Gasteiger partial charge >= 0.3 is 0 Å². The fraction of sp³-hybridized carbons (Fsp3) is 0.818. The van der Waals surface area contributed by atoms with Crippen molar-refractivity contribution in [3.05, 3.63) is 12.2 Å². The van der Waals surface area contributed by atoms with E-state index in [1.54, 1.807) is 6.08 Å². The number of aliphatic hydroxyl groups is 2. The zero-order valence-corrected chi connectivity index (χ0v) is 16.8. The number of aliphatic hydroxyl groups excluding tert-OH is 1. The van der Waals surface area contributed by atoms with Crippen LogP contribution in [0.1, 0.15) is 40.0 Å². The van der Waals surface area contributed by atoms with Gasteiger partial charge in [-0.25, -0.2) is 0 Å². The summed E-state index contributed by atoms with van der Waals surface area (Å²) in [6.45, 7) is 6.80. The van der Waals surface area contributed by atoms with Gasteiger partial charge in [-0.3, -0.25) is 9.59 Å². The standard InChI is InChI=1S/C22H30O6/c1-4-27-10-13-12-5-6-14-20-11-28-22(26,21(14,9-12)17(13)24)18(25)16(20)19(2,3)8-7-15(20)23/h7-8,12-14,16,18,25-26H,4-6,9-11H2,1-3H3/t12-,13-,14+,16-,18+,20-,21+,22-/m1/s1. The van der Waals surface area contributed by atoms with Gasteiger partial charge in [0.15, 0.2) is 11.6 Å². The summed E-state index contributed by atoms with van der Waals surface area (Å²) in [5.41, 5.74) is -2.65. The molecule has 0 aromatic heterocycles. The first kappa shape index (κ1) is 18.9. The Balaban J connectivity index is 1.70. The zero-order valence-electron chi connectivity index (χ0n) is 16.8. The monoisotopic (exact) mass is 390 g/mol. The molecule has 6 rings (SSSR count). The number of carbonyl (C=O) groups excluding carboxylic acids is 2. The lowest BCUT2D eigenvalue weighted by molar-refractivity contribution is -0.422. The number of ketones is 2. The normalized spacial score (nSPS) is 53.2. The lowest BCUT2D eigenvalue weighted by atomic mass is 9.37. The highest BCUT2D eigenvalue weighted by Crippen LogP contribution is 2.75. The molecule has 3 saturated carbocycles. The van der Waals surface area contributed by atoms with Crippen molar-refractivity contribution in [1.29, 1.82) is 0 Å². The molecule has 6 nitrogen and oxygen atoms in total. The summed E-state index contributed by atoms with van der Waals surface area (Å²) in [5.74, 6) is -3.06. The van der Waals surface area contributed by atoms with Gasteiger partial charge in [0.05, 0.1) is 24.0 Å². The van der Waals surface area contributed by atoms with Crippen molar-refractivity contribution in [3.8, 4) is 0 Å². The third-order valence-electron chi connectivity index (χ3n) is 8.84. The fourth-order valence-corrected chi connectivity index (χ4v) is 7.81. The van der Waals surface area contributed by atoms with E-state index in [0.717, 1.165) is 6.42 Å². The first-order valence-electron chi connectivity index (χ1n) is 10.6. The molecule has 0 aromatic carbocycles. The van der Waals surface area contributed by atoms with Crippen molar-refractivity contribution in [2.45, 2.75) is 51.9 Å². The van der Waals surface area contributed by atoms with E-state index >= 15 is 0 Å². The average molecular weight is 390 g/mol. The molecule has 2 aliphatic heterocycles. The van der Waals surface area contributed by atoms with Gasteiger partial charge in [-0.1, -0.05) is 19.9 Å². The topological polar surface area (TPSA) is 93.1 Å². The number of allylic oxidation sites excluding steroid dienone is 2. The maximum atomic E-state index is 13.8. The van der Waals surface area contributed by atoms with E-state index in [1.807, 2.05) is 26.8 Å². The molecule has 5 fully saturated rings. The maximum absolute atomic E-state index is 13.8. The van der Waals surface area contributed by atoms with Gasteiger partial charge in [-0.05, 0) is 49.5 Å². The van der Waals surface area contributed by atoms with Crippen LogP contribution >= 0.6 is 0 Å². The van der Waals surface area contributed by atoms with Crippen LogP contribution in [0.5, 0.6) is 0 Å². The SMILES string of the molecule is CCOC[C@H]1C(=O)[C@]23C[C@H]1CC[C@H]2[C@@]12CO[C@]3(O)[C@@H](O)[C@@H]1C(C)(C)C=CC2=O. The minimum atomic E-state index is -1.94. The van der Waals surface area contributed by atoms with Gasteiger partial charge in [0.1, 0.15) is 6.10 Å². The maximum Gasteiger partial charge on any atom is 0.205 e. The summed E-state index contributed by atoms with van der Waals surface area (Å²) < 4.78 is 11.5. The number of ether oxygens (including phenoxy) is 2. The van der Waals surface area contributed by atoms with Crippen LogP contribution in [0.4, 0.5) is 0 Å². The molecule has 0 aromatic rings. The third kappa shape index (κ3) is 1.80. The van der Waals surface area contributed by atoms with Crippen LogP contribution in [-0.2, 0) is 19.1 Å². The largest absolute Gasteiger partial charge is 0.387 e. The van der Waals surface area contributed by atoms with Crippen LogP contribution in [0.25, 0.3) is 0 Å². The van der Waals surface area contributed by atoms with Crippen LogP contribution in [0, 0.1) is 39.9 Å². The molecule has 6 aliphatic rings. The van der Waals surface area contributed by atoms with Gasteiger partial charge in [0.25, 0.3) is 0 Å². The number of carbonyl (C=O) groups is 2. The van der Waals surface area contributed by atoms with E-state index in [1.165, 1.54) is 0 Å².